The summed E-state index contributed by atoms with van der Waals surface area (Å²) in [6, 6.07) is 25.8. The molecule has 0 radical (unpaired) electrons. The first-order valence-electron chi connectivity index (χ1n) is 8.62. The van der Waals surface area contributed by atoms with Crippen LogP contribution in [0.1, 0.15) is 16.7 Å². The number of anilines is 1. The van der Waals surface area contributed by atoms with Gasteiger partial charge in [0, 0.05) is 5.69 Å². The minimum atomic E-state index is 0.440. The number of nitrogens with one attached hydrogen (secondary N) is 2. The van der Waals surface area contributed by atoms with Gasteiger partial charge in [-0.1, -0.05) is 48.0 Å². The molecule has 0 saturated carbocycles. The van der Waals surface area contributed by atoms with Crippen molar-refractivity contribution in [3.8, 4) is 5.75 Å². The summed E-state index contributed by atoms with van der Waals surface area (Å²) < 4.78 is 5.81. The molecule has 3 aromatic carbocycles. The van der Waals surface area contributed by atoms with E-state index in [1.165, 1.54) is 5.56 Å². The molecule has 0 saturated heterocycles. The predicted molar refractivity (Wildman–Crippen MR) is 115 cm³/mol. The summed E-state index contributed by atoms with van der Waals surface area (Å²) in [5.41, 5.74) is 7.07. The number of ether oxygens (including phenoxy) is 1. The van der Waals surface area contributed by atoms with E-state index in [1.54, 1.807) is 6.21 Å². The van der Waals surface area contributed by atoms with Gasteiger partial charge in [0.2, 0.25) is 0 Å². The number of hydrogen-bond acceptors (Lipinski definition) is 3. The van der Waals surface area contributed by atoms with Crippen molar-refractivity contribution in [1.29, 1.82) is 0 Å². The number of thiocarbonyl (C=S) groups is 1. The van der Waals surface area contributed by atoms with Crippen LogP contribution in [0.2, 0.25) is 0 Å². The first-order valence-corrected chi connectivity index (χ1v) is 9.03. The van der Waals surface area contributed by atoms with Crippen molar-refractivity contribution in [2.24, 2.45) is 5.10 Å². The van der Waals surface area contributed by atoms with Gasteiger partial charge in [0.15, 0.2) is 5.11 Å². The van der Waals surface area contributed by atoms with Gasteiger partial charge in [0.1, 0.15) is 12.4 Å². The van der Waals surface area contributed by atoms with Crippen molar-refractivity contribution < 1.29 is 4.74 Å². The summed E-state index contributed by atoms with van der Waals surface area (Å²) in [6.45, 7) is 2.62. The number of rotatable bonds is 6. The smallest absolute Gasteiger partial charge is 0.191 e. The number of nitrogens with zero attached hydrogens (tertiary/aromatic N) is 1. The molecule has 0 fully saturated rings. The normalized spacial score (nSPS) is 10.6. The molecule has 0 spiro atoms. The first-order chi connectivity index (χ1) is 13.2. The van der Waals surface area contributed by atoms with Crippen LogP contribution in [0.25, 0.3) is 0 Å². The number of hydrogen-bond donors (Lipinski definition) is 2. The maximum atomic E-state index is 5.81. The molecule has 0 unspecified atom stereocenters. The van der Waals surface area contributed by atoms with Crippen molar-refractivity contribution in [3.05, 3.63) is 95.6 Å². The van der Waals surface area contributed by atoms with Gasteiger partial charge in [-0.2, -0.15) is 5.10 Å². The average molecular weight is 375 g/mol. The molecule has 0 aromatic heterocycles. The second-order valence-electron chi connectivity index (χ2n) is 6.03. The molecule has 2 N–H and O–H groups in total. The van der Waals surface area contributed by atoms with Crippen molar-refractivity contribution in [2.45, 2.75) is 13.5 Å². The Hall–Kier alpha value is -3.18. The van der Waals surface area contributed by atoms with Crippen molar-refractivity contribution in [1.82, 2.24) is 5.43 Å². The summed E-state index contributed by atoms with van der Waals surface area (Å²) in [6.07, 6.45) is 1.71. The van der Waals surface area contributed by atoms with E-state index >= 15 is 0 Å². The zero-order chi connectivity index (χ0) is 18.9. The van der Waals surface area contributed by atoms with Crippen LogP contribution < -0.4 is 15.5 Å². The Morgan fingerprint density at radius 3 is 2.37 bits per heavy atom. The Kier molecular flexibility index (Phi) is 6.55. The van der Waals surface area contributed by atoms with E-state index < -0.39 is 0 Å². The summed E-state index contributed by atoms with van der Waals surface area (Å²) >= 11 is 5.21. The fraction of sp³-hybridized carbons (Fsp3) is 0.0909. The fourth-order valence-corrected chi connectivity index (χ4v) is 2.52. The van der Waals surface area contributed by atoms with Crippen LogP contribution in [0.4, 0.5) is 5.69 Å². The van der Waals surface area contributed by atoms with Gasteiger partial charge in [-0.25, -0.2) is 0 Å². The zero-order valence-corrected chi connectivity index (χ0v) is 15.9. The Labute approximate surface area is 164 Å². The molecule has 0 aliphatic rings. The maximum Gasteiger partial charge on any atom is 0.191 e. The maximum absolute atomic E-state index is 5.81. The van der Waals surface area contributed by atoms with Gasteiger partial charge in [0.25, 0.3) is 0 Å². The van der Waals surface area contributed by atoms with E-state index in [1.807, 2.05) is 54.6 Å². The molecule has 0 amide bonds. The highest BCUT2D eigenvalue weighted by Crippen LogP contribution is 2.14. The SMILES string of the molecule is Cc1ccc(COc2ccc(/C=N/NC(=S)Nc3ccccc3)cc2)cc1. The highest BCUT2D eigenvalue weighted by atomic mass is 32.1. The lowest BCUT2D eigenvalue weighted by molar-refractivity contribution is 0.306. The number of benzene rings is 3. The first kappa shape index (κ1) is 18.6. The molecule has 3 aromatic rings. The minimum absolute atomic E-state index is 0.440. The van der Waals surface area contributed by atoms with E-state index in [-0.39, 0.29) is 0 Å². The molecule has 0 atom stereocenters. The Morgan fingerprint density at radius 2 is 1.67 bits per heavy atom. The highest BCUT2D eigenvalue weighted by molar-refractivity contribution is 7.80. The van der Waals surface area contributed by atoms with E-state index in [4.69, 9.17) is 17.0 Å². The summed E-state index contributed by atoms with van der Waals surface area (Å²) in [7, 11) is 0. The topological polar surface area (TPSA) is 45.6 Å². The molecule has 0 aliphatic carbocycles. The number of aryl methyl sites for hydroxylation is 1. The third kappa shape index (κ3) is 6.24. The average Bonchev–Trinajstić information content (AvgIpc) is 2.69. The molecule has 3 rings (SSSR count). The molecule has 136 valence electrons. The zero-order valence-electron chi connectivity index (χ0n) is 15.1. The molecular formula is C22H21N3OS. The van der Waals surface area contributed by atoms with Gasteiger partial charge >= 0.3 is 0 Å². The molecule has 5 heteroatoms. The van der Waals surface area contributed by atoms with E-state index in [0.29, 0.717) is 11.7 Å². The van der Waals surface area contributed by atoms with Crippen molar-refractivity contribution >= 4 is 29.2 Å². The van der Waals surface area contributed by atoms with Gasteiger partial charge in [-0.05, 0) is 66.7 Å². The van der Waals surface area contributed by atoms with Crippen molar-refractivity contribution in [3.63, 3.8) is 0 Å². The van der Waals surface area contributed by atoms with Crippen LogP contribution >= 0.6 is 12.2 Å². The third-order valence-corrected chi connectivity index (χ3v) is 4.01. The fourth-order valence-electron chi connectivity index (χ4n) is 2.35. The second kappa shape index (κ2) is 9.50. The van der Waals surface area contributed by atoms with Crippen LogP contribution in [-0.4, -0.2) is 11.3 Å². The van der Waals surface area contributed by atoms with Crippen LogP contribution in [-0.2, 0) is 6.61 Å². The molecule has 0 heterocycles. The molecule has 0 aliphatic heterocycles. The van der Waals surface area contributed by atoms with Gasteiger partial charge in [-0.3, -0.25) is 5.43 Å². The number of hydrazone groups is 1. The Balaban J connectivity index is 1.46. The lowest BCUT2D eigenvalue weighted by Crippen LogP contribution is -2.23. The third-order valence-electron chi connectivity index (χ3n) is 3.82. The highest BCUT2D eigenvalue weighted by Gasteiger charge is 1.97. The van der Waals surface area contributed by atoms with E-state index in [0.717, 1.165) is 22.6 Å². The monoisotopic (exact) mass is 375 g/mol. The molecule has 4 nitrogen and oxygen atoms in total. The van der Waals surface area contributed by atoms with Gasteiger partial charge in [0.05, 0.1) is 6.21 Å². The lowest BCUT2D eigenvalue weighted by atomic mass is 10.2. The quantitative estimate of drug-likeness (QED) is 0.366. The molecule has 0 bridgehead atoms. The van der Waals surface area contributed by atoms with Gasteiger partial charge < -0.3 is 10.1 Å². The van der Waals surface area contributed by atoms with Crippen molar-refractivity contribution in [2.75, 3.05) is 5.32 Å². The standard InChI is InChI=1S/C22H21N3OS/c1-17-7-9-19(10-8-17)16-26-21-13-11-18(12-14-21)15-23-25-22(27)24-20-5-3-2-4-6-20/h2-15H,16H2,1H3,(H2,24,25,27)/b23-15+. The van der Waals surface area contributed by atoms with Crippen LogP contribution in [0.3, 0.4) is 0 Å². The summed E-state index contributed by atoms with van der Waals surface area (Å²) in [5, 5.41) is 7.65. The second-order valence-corrected chi connectivity index (χ2v) is 6.44. The predicted octanol–water partition coefficient (Wildman–Crippen LogP) is 4.89. The van der Waals surface area contributed by atoms with E-state index in [2.05, 4.69) is 47.0 Å². The van der Waals surface area contributed by atoms with Crippen LogP contribution in [0.15, 0.2) is 84.0 Å². The molecular weight excluding hydrogens is 354 g/mol. The summed E-state index contributed by atoms with van der Waals surface area (Å²) in [4.78, 5) is 0. The molecule has 27 heavy (non-hydrogen) atoms. The van der Waals surface area contributed by atoms with E-state index in [9.17, 15) is 0 Å². The number of para-hydroxylation sites is 1. The van der Waals surface area contributed by atoms with Crippen LogP contribution in [0, 0.1) is 6.92 Å². The Bertz CT molecular complexity index is 891. The largest absolute Gasteiger partial charge is 0.489 e. The Morgan fingerprint density at radius 1 is 0.963 bits per heavy atom. The van der Waals surface area contributed by atoms with Gasteiger partial charge in [-0.15, -0.1) is 0 Å². The lowest BCUT2D eigenvalue weighted by Gasteiger charge is -2.07. The minimum Gasteiger partial charge on any atom is -0.489 e. The van der Waals surface area contributed by atoms with Crippen LogP contribution in [0.5, 0.6) is 5.75 Å². The summed E-state index contributed by atoms with van der Waals surface area (Å²) in [5.74, 6) is 0.821.